The number of halogens is 2. The van der Waals surface area contributed by atoms with Gasteiger partial charge in [-0.15, -0.1) is 0 Å². The van der Waals surface area contributed by atoms with E-state index in [9.17, 15) is 13.6 Å². The van der Waals surface area contributed by atoms with Crippen molar-refractivity contribution in [1.29, 1.82) is 5.26 Å². The summed E-state index contributed by atoms with van der Waals surface area (Å²) >= 11 is 0. The van der Waals surface area contributed by atoms with Crippen LogP contribution in [0.2, 0.25) is 0 Å². The van der Waals surface area contributed by atoms with Crippen LogP contribution in [0.4, 0.5) is 14.5 Å². The molecule has 0 aliphatic carbocycles. The molecule has 1 rings (SSSR count). The predicted octanol–water partition coefficient (Wildman–Crippen LogP) is 1.94. The minimum absolute atomic E-state index is 0.109. The molecule has 0 unspecified atom stereocenters. The number of nitriles is 1. The van der Waals surface area contributed by atoms with Gasteiger partial charge in [0.15, 0.2) is 5.78 Å². The maximum absolute atomic E-state index is 12.0. The molecule has 0 aromatic heterocycles. The van der Waals surface area contributed by atoms with E-state index >= 15 is 0 Å². The summed E-state index contributed by atoms with van der Waals surface area (Å²) < 4.78 is 28.1. The van der Waals surface area contributed by atoms with Gasteiger partial charge >= 0.3 is 6.61 Å². The number of hydrogen-bond acceptors (Lipinski definition) is 4. The number of nitrogen functional groups attached to an aromatic ring is 1. The van der Waals surface area contributed by atoms with Crippen molar-refractivity contribution in [3.63, 3.8) is 0 Å². The van der Waals surface area contributed by atoms with E-state index in [0.717, 1.165) is 6.07 Å². The Bertz CT molecular complexity index is 467. The second kappa shape index (κ2) is 4.57. The summed E-state index contributed by atoms with van der Waals surface area (Å²) in [4.78, 5) is 11.1. The molecular formula is C10H8F2N2O2. The van der Waals surface area contributed by atoms with Crippen molar-refractivity contribution >= 4 is 11.5 Å². The van der Waals surface area contributed by atoms with E-state index in [2.05, 4.69) is 4.74 Å². The summed E-state index contributed by atoms with van der Waals surface area (Å²) in [6.07, 6.45) is 0. The van der Waals surface area contributed by atoms with Crippen LogP contribution in [0.15, 0.2) is 12.1 Å². The number of rotatable bonds is 3. The van der Waals surface area contributed by atoms with Gasteiger partial charge in [-0.25, -0.2) is 0 Å². The largest absolute Gasteiger partial charge is 0.433 e. The van der Waals surface area contributed by atoms with Crippen molar-refractivity contribution < 1.29 is 18.3 Å². The molecule has 84 valence electrons. The van der Waals surface area contributed by atoms with Crippen molar-refractivity contribution in [1.82, 2.24) is 0 Å². The van der Waals surface area contributed by atoms with Gasteiger partial charge in [0.2, 0.25) is 0 Å². The van der Waals surface area contributed by atoms with E-state index in [1.807, 2.05) is 0 Å². The van der Waals surface area contributed by atoms with Gasteiger partial charge in [0.05, 0.1) is 5.69 Å². The zero-order chi connectivity index (χ0) is 12.3. The summed E-state index contributed by atoms with van der Waals surface area (Å²) in [5.74, 6) is -0.683. The zero-order valence-electron chi connectivity index (χ0n) is 8.33. The van der Waals surface area contributed by atoms with E-state index < -0.39 is 6.61 Å². The lowest BCUT2D eigenvalue weighted by molar-refractivity contribution is -0.0499. The number of benzene rings is 1. The Hall–Kier alpha value is -2.16. The molecule has 16 heavy (non-hydrogen) atoms. The van der Waals surface area contributed by atoms with Gasteiger partial charge in [-0.05, 0) is 19.1 Å². The van der Waals surface area contributed by atoms with Crippen molar-refractivity contribution in [2.45, 2.75) is 13.5 Å². The van der Waals surface area contributed by atoms with Crippen molar-refractivity contribution in [3.8, 4) is 11.8 Å². The molecule has 0 saturated carbocycles. The van der Waals surface area contributed by atoms with E-state index in [0.29, 0.717) is 0 Å². The number of Topliss-reactive ketones (excluding diaryl/α,β-unsaturated/α-hetero) is 1. The molecular weight excluding hydrogens is 218 g/mol. The maximum Gasteiger partial charge on any atom is 0.387 e. The third-order valence-electron chi connectivity index (χ3n) is 1.91. The molecule has 0 fully saturated rings. The molecule has 4 nitrogen and oxygen atoms in total. The van der Waals surface area contributed by atoms with E-state index in [1.165, 1.54) is 13.0 Å². The van der Waals surface area contributed by atoms with E-state index in [-0.39, 0.29) is 28.3 Å². The van der Waals surface area contributed by atoms with Gasteiger partial charge in [0.25, 0.3) is 0 Å². The summed E-state index contributed by atoms with van der Waals surface area (Å²) in [7, 11) is 0. The number of alkyl halides is 2. The normalized spacial score (nSPS) is 9.94. The van der Waals surface area contributed by atoms with Gasteiger partial charge in [-0.2, -0.15) is 14.0 Å². The molecule has 0 aliphatic rings. The number of carbonyl (C=O) groups is 1. The molecule has 1 aromatic carbocycles. The molecule has 6 heteroatoms. The number of anilines is 1. The van der Waals surface area contributed by atoms with Crippen LogP contribution >= 0.6 is 0 Å². The van der Waals surface area contributed by atoms with Gasteiger partial charge in [-0.1, -0.05) is 0 Å². The fraction of sp³-hybridized carbons (Fsp3) is 0.200. The highest BCUT2D eigenvalue weighted by Gasteiger charge is 2.16. The highest BCUT2D eigenvalue weighted by atomic mass is 19.3. The molecule has 0 aliphatic heterocycles. The minimum Gasteiger partial charge on any atom is -0.433 e. The summed E-state index contributed by atoms with van der Waals surface area (Å²) in [6.45, 7) is -1.78. The van der Waals surface area contributed by atoms with Gasteiger partial charge < -0.3 is 10.5 Å². The van der Waals surface area contributed by atoms with Gasteiger partial charge in [0.1, 0.15) is 17.4 Å². The molecule has 0 heterocycles. The van der Waals surface area contributed by atoms with Crippen LogP contribution in [0.1, 0.15) is 22.8 Å². The van der Waals surface area contributed by atoms with Crippen molar-refractivity contribution in [3.05, 3.63) is 23.3 Å². The van der Waals surface area contributed by atoms with Crippen molar-refractivity contribution in [2.75, 3.05) is 5.73 Å². The van der Waals surface area contributed by atoms with Gasteiger partial charge in [-0.3, -0.25) is 4.79 Å². The molecule has 0 radical (unpaired) electrons. The molecule has 0 spiro atoms. The third-order valence-corrected chi connectivity index (χ3v) is 1.91. The predicted molar refractivity (Wildman–Crippen MR) is 52.2 cm³/mol. The zero-order valence-corrected chi connectivity index (χ0v) is 8.33. The van der Waals surface area contributed by atoms with Crippen LogP contribution in [0.25, 0.3) is 0 Å². The first-order valence-corrected chi connectivity index (χ1v) is 4.25. The Morgan fingerprint density at radius 2 is 2.19 bits per heavy atom. The average molecular weight is 226 g/mol. The van der Waals surface area contributed by atoms with E-state index in [4.69, 9.17) is 11.0 Å². The Morgan fingerprint density at radius 1 is 1.56 bits per heavy atom. The Morgan fingerprint density at radius 3 is 2.62 bits per heavy atom. The van der Waals surface area contributed by atoms with Crippen LogP contribution in [-0.4, -0.2) is 12.4 Å². The highest BCUT2D eigenvalue weighted by Crippen LogP contribution is 2.28. The van der Waals surface area contributed by atoms with Crippen LogP contribution in [0.5, 0.6) is 5.75 Å². The maximum atomic E-state index is 12.0. The Kier molecular flexibility index (Phi) is 3.40. The fourth-order valence-corrected chi connectivity index (χ4v) is 1.22. The van der Waals surface area contributed by atoms with Crippen LogP contribution in [0, 0.1) is 11.3 Å². The summed E-state index contributed by atoms with van der Waals surface area (Å²) in [5, 5.41) is 8.75. The van der Waals surface area contributed by atoms with Crippen LogP contribution in [0.3, 0.4) is 0 Å². The number of ketones is 1. The molecule has 2 N–H and O–H groups in total. The standard InChI is InChI=1S/C10H8F2N2O2/c1-5(15)6-2-3-8(16-10(11)12)7(4-13)9(6)14/h2-3,10H,14H2,1H3. The second-order valence-electron chi connectivity index (χ2n) is 2.95. The van der Waals surface area contributed by atoms with Crippen LogP contribution < -0.4 is 10.5 Å². The topological polar surface area (TPSA) is 76.1 Å². The Labute approximate surface area is 90.2 Å². The molecule has 0 atom stereocenters. The van der Waals surface area contributed by atoms with Crippen molar-refractivity contribution in [2.24, 2.45) is 0 Å². The first-order valence-electron chi connectivity index (χ1n) is 4.25. The Balaban J connectivity index is 3.31. The third kappa shape index (κ3) is 2.25. The number of ether oxygens (including phenoxy) is 1. The first kappa shape index (κ1) is 11.9. The van der Waals surface area contributed by atoms with Crippen LogP contribution in [-0.2, 0) is 0 Å². The second-order valence-corrected chi connectivity index (χ2v) is 2.95. The molecule has 1 aromatic rings. The van der Waals surface area contributed by atoms with Gasteiger partial charge in [0, 0.05) is 5.56 Å². The lowest BCUT2D eigenvalue weighted by Gasteiger charge is -2.10. The smallest absolute Gasteiger partial charge is 0.387 e. The molecule has 0 bridgehead atoms. The summed E-state index contributed by atoms with van der Waals surface area (Å²) in [6, 6.07) is 4.00. The first-order chi connectivity index (χ1) is 7.47. The number of nitrogens with zero attached hydrogens (tertiary/aromatic N) is 1. The lowest BCUT2D eigenvalue weighted by Crippen LogP contribution is -2.08. The minimum atomic E-state index is -3.05. The lowest BCUT2D eigenvalue weighted by atomic mass is 10.0. The molecule has 0 amide bonds. The average Bonchev–Trinajstić information content (AvgIpc) is 2.16. The fourth-order valence-electron chi connectivity index (χ4n) is 1.22. The quantitative estimate of drug-likeness (QED) is 0.631. The number of carbonyl (C=O) groups excluding carboxylic acids is 1. The molecule has 0 saturated heterocycles. The number of nitrogens with two attached hydrogens (primary N) is 1. The number of hydrogen-bond donors (Lipinski definition) is 1. The summed E-state index contributed by atoms with van der Waals surface area (Å²) in [5.41, 5.74) is 5.21. The monoisotopic (exact) mass is 226 g/mol. The van der Waals surface area contributed by atoms with E-state index in [1.54, 1.807) is 6.07 Å². The highest BCUT2D eigenvalue weighted by molar-refractivity contribution is 6.00. The SMILES string of the molecule is CC(=O)c1ccc(OC(F)F)c(C#N)c1N.